The van der Waals surface area contributed by atoms with E-state index in [4.69, 9.17) is 0 Å². The number of hydrogen-bond donors (Lipinski definition) is 1. The molecule has 2 fully saturated rings. The number of allylic oxidation sites excluding steroid dienone is 1. The molecule has 2 heterocycles. The van der Waals surface area contributed by atoms with E-state index >= 15 is 0 Å². The molecule has 1 saturated heterocycles. The zero-order valence-corrected chi connectivity index (χ0v) is 8.66. The maximum atomic E-state index is 4.58. The van der Waals surface area contributed by atoms with Crippen molar-refractivity contribution in [1.82, 2.24) is 10.2 Å². The molecule has 3 aliphatic rings. The van der Waals surface area contributed by atoms with Crippen molar-refractivity contribution in [1.29, 1.82) is 0 Å². The van der Waals surface area contributed by atoms with Gasteiger partial charge in [0.05, 0.1) is 0 Å². The second kappa shape index (κ2) is 2.83. The Hall–Kier alpha value is -0.830. The van der Waals surface area contributed by atoms with E-state index in [1.165, 1.54) is 12.2 Å². The molecule has 3 rings (SSSR count). The molecule has 0 radical (unpaired) electrons. The van der Waals surface area contributed by atoms with Gasteiger partial charge >= 0.3 is 0 Å². The first kappa shape index (κ1) is 8.48. The predicted molar refractivity (Wildman–Crippen MR) is 57.2 cm³/mol. The van der Waals surface area contributed by atoms with Gasteiger partial charge in [-0.3, -0.25) is 0 Å². The first-order valence-electron chi connectivity index (χ1n) is 5.51. The number of fused-ring (bicyclic) bond motifs is 1. The van der Waals surface area contributed by atoms with Crippen molar-refractivity contribution in [3.05, 3.63) is 11.9 Å². The van der Waals surface area contributed by atoms with Gasteiger partial charge in [-0.05, 0) is 18.4 Å². The quantitative estimate of drug-likeness (QED) is 0.665. The largest absolute Gasteiger partial charge is 0.354 e. The first-order chi connectivity index (χ1) is 6.78. The Morgan fingerprint density at radius 2 is 2.29 bits per heavy atom. The molecule has 1 aliphatic carbocycles. The lowest BCUT2D eigenvalue weighted by molar-refractivity contribution is 0.294. The number of nitrogens with zero attached hydrogens (tertiary/aromatic N) is 2. The number of piperazine rings is 1. The van der Waals surface area contributed by atoms with E-state index in [1.807, 2.05) is 0 Å². The Morgan fingerprint density at radius 3 is 3.00 bits per heavy atom. The topological polar surface area (TPSA) is 27.6 Å². The average molecular weight is 191 g/mol. The van der Waals surface area contributed by atoms with Crippen LogP contribution in [0, 0.1) is 11.3 Å². The lowest BCUT2D eigenvalue weighted by atomic mass is 10.1. The van der Waals surface area contributed by atoms with E-state index in [1.54, 1.807) is 0 Å². The van der Waals surface area contributed by atoms with Crippen molar-refractivity contribution < 1.29 is 0 Å². The lowest BCUT2D eigenvalue weighted by Gasteiger charge is -2.30. The predicted octanol–water partition coefficient (Wildman–Crippen LogP) is 0.844. The Kier molecular flexibility index (Phi) is 1.71. The summed E-state index contributed by atoms with van der Waals surface area (Å²) in [6, 6.07) is 0. The summed E-state index contributed by atoms with van der Waals surface area (Å²) in [5.41, 5.74) is 0.414. The molecule has 0 spiro atoms. The van der Waals surface area contributed by atoms with Crippen molar-refractivity contribution in [2.75, 3.05) is 26.2 Å². The zero-order chi connectivity index (χ0) is 9.60. The third kappa shape index (κ3) is 1.27. The van der Waals surface area contributed by atoms with Gasteiger partial charge in [-0.1, -0.05) is 6.92 Å². The molecule has 0 aromatic heterocycles. The van der Waals surface area contributed by atoms with Gasteiger partial charge in [-0.25, -0.2) is 4.99 Å². The highest BCUT2D eigenvalue weighted by Crippen LogP contribution is 2.54. The lowest BCUT2D eigenvalue weighted by Crippen LogP contribution is -2.42. The molecule has 2 atom stereocenters. The van der Waals surface area contributed by atoms with Crippen LogP contribution in [0.1, 0.15) is 13.3 Å². The fourth-order valence-electron chi connectivity index (χ4n) is 2.33. The van der Waals surface area contributed by atoms with Gasteiger partial charge in [0.25, 0.3) is 0 Å². The van der Waals surface area contributed by atoms with E-state index < -0.39 is 0 Å². The number of aliphatic imine (C=N–C) groups is 1. The zero-order valence-electron chi connectivity index (χ0n) is 8.66. The Bertz CT molecular complexity index is 302. The Labute approximate surface area is 84.9 Å². The third-order valence-electron chi connectivity index (χ3n) is 3.63. The van der Waals surface area contributed by atoms with Crippen LogP contribution in [0.15, 0.2) is 16.9 Å². The molecule has 2 aliphatic heterocycles. The first-order valence-corrected chi connectivity index (χ1v) is 5.51. The van der Waals surface area contributed by atoms with Crippen LogP contribution in [-0.4, -0.2) is 37.3 Å². The van der Waals surface area contributed by atoms with Gasteiger partial charge in [-0.2, -0.15) is 0 Å². The minimum absolute atomic E-state index is 0.414. The van der Waals surface area contributed by atoms with E-state index in [2.05, 4.69) is 34.4 Å². The van der Waals surface area contributed by atoms with Crippen LogP contribution in [0.4, 0.5) is 0 Å². The summed E-state index contributed by atoms with van der Waals surface area (Å²) in [5, 5.41) is 3.36. The number of hydrogen-bond acceptors (Lipinski definition) is 3. The Balaban J connectivity index is 1.74. The summed E-state index contributed by atoms with van der Waals surface area (Å²) in [7, 11) is 0. The second-order valence-electron chi connectivity index (χ2n) is 4.84. The third-order valence-corrected chi connectivity index (χ3v) is 3.63. The molecular formula is C11H17N3. The van der Waals surface area contributed by atoms with Gasteiger partial charge in [0, 0.05) is 37.8 Å². The van der Waals surface area contributed by atoms with Gasteiger partial charge < -0.3 is 10.2 Å². The van der Waals surface area contributed by atoms with Crippen LogP contribution < -0.4 is 5.32 Å². The molecule has 14 heavy (non-hydrogen) atoms. The summed E-state index contributed by atoms with van der Waals surface area (Å²) < 4.78 is 0. The van der Waals surface area contributed by atoms with E-state index in [0.29, 0.717) is 5.41 Å². The van der Waals surface area contributed by atoms with Crippen LogP contribution in [0.25, 0.3) is 0 Å². The number of rotatable bonds is 1. The highest BCUT2D eigenvalue weighted by molar-refractivity contribution is 5.73. The van der Waals surface area contributed by atoms with E-state index in [9.17, 15) is 0 Å². The second-order valence-corrected chi connectivity index (χ2v) is 4.84. The van der Waals surface area contributed by atoms with Crippen LogP contribution in [0.3, 0.4) is 0 Å². The molecule has 0 bridgehead atoms. The SMILES string of the molecule is CC12C=NC(N3CCNCC3)=CC1C2. The molecule has 2 unspecified atom stereocenters. The highest BCUT2D eigenvalue weighted by Gasteiger charge is 2.49. The van der Waals surface area contributed by atoms with Crippen molar-refractivity contribution in [3.63, 3.8) is 0 Å². The van der Waals surface area contributed by atoms with Crippen molar-refractivity contribution in [2.24, 2.45) is 16.3 Å². The molecule has 0 aromatic rings. The smallest absolute Gasteiger partial charge is 0.124 e. The van der Waals surface area contributed by atoms with E-state index in [0.717, 1.165) is 32.1 Å². The fourth-order valence-corrected chi connectivity index (χ4v) is 2.33. The molecular weight excluding hydrogens is 174 g/mol. The normalized spacial score (nSPS) is 40.5. The van der Waals surface area contributed by atoms with Crippen LogP contribution in [-0.2, 0) is 0 Å². The van der Waals surface area contributed by atoms with Gasteiger partial charge in [0.2, 0.25) is 0 Å². The summed E-state index contributed by atoms with van der Waals surface area (Å²) in [4.78, 5) is 6.98. The maximum Gasteiger partial charge on any atom is 0.124 e. The van der Waals surface area contributed by atoms with Crippen molar-refractivity contribution in [3.8, 4) is 0 Å². The van der Waals surface area contributed by atoms with Crippen molar-refractivity contribution in [2.45, 2.75) is 13.3 Å². The monoisotopic (exact) mass is 191 g/mol. The highest BCUT2D eigenvalue weighted by atomic mass is 15.3. The number of nitrogens with one attached hydrogen (secondary N) is 1. The minimum Gasteiger partial charge on any atom is -0.354 e. The molecule has 1 saturated carbocycles. The fraction of sp³-hybridized carbons (Fsp3) is 0.727. The minimum atomic E-state index is 0.414. The van der Waals surface area contributed by atoms with Crippen LogP contribution in [0.5, 0.6) is 0 Å². The summed E-state index contributed by atoms with van der Waals surface area (Å²) >= 11 is 0. The van der Waals surface area contributed by atoms with E-state index in [-0.39, 0.29) is 0 Å². The molecule has 76 valence electrons. The molecule has 0 amide bonds. The summed E-state index contributed by atoms with van der Waals surface area (Å²) in [6.45, 7) is 6.69. The summed E-state index contributed by atoms with van der Waals surface area (Å²) in [6.07, 6.45) is 5.83. The van der Waals surface area contributed by atoms with Crippen molar-refractivity contribution >= 4 is 6.21 Å². The van der Waals surface area contributed by atoms with Crippen LogP contribution in [0.2, 0.25) is 0 Å². The van der Waals surface area contributed by atoms with Gasteiger partial charge in [-0.15, -0.1) is 0 Å². The maximum absolute atomic E-state index is 4.58. The van der Waals surface area contributed by atoms with Gasteiger partial charge in [0.15, 0.2) is 0 Å². The average Bonchev–Trinajstić information content (AvgIpc) is 2.90. The summed E-state index contributed by atoms with van der Waals surface area (Å²) in [5.74, 6) is 1.98. The molecule has 1 N–H and O–H groups in total. The van der Waals surface area contributed by atoms with Gasteiger partial charge in [0.1, 0.15) is 5.82 Å². The standard InChI is InChI=1S/C11H17N3/c1-11-7-9(11)6-10(13-8-11)14-4-2-12-3-5-14/h6,8-9,12H,2-5,7H2,1H3. The molecule has 3 heteroatoms. The molecule has 3 nitrogen and oxygen atoms in total. The molecule has 0 aromatic carbocycles. The Morgan fingerprint density at radius 1 is 1.50 bits per heavy atom. The van der Waals surface area contributed by atoms with Crippen LogP contribution >= 0.6 is 0 Å².